The summed E-state index contributed by atoms with van der Waals surface area (Å²) in [5.41, 5.74) is 6.65. The third-order valence-electron chi connectivity index (χ3n) is 8.58. The molecule has 2 aliphatic rings. The number of nitrogens with zero attached hydrogens (tertiary/aromatic N) is 10. The Bertz CT molecular complexity index is 1560. The SMILES string of the molecule is Cc1nc2nc(C)c(CC3CCN(c4cnc(-c5ccc(CN6CCN(C(=O)N(C)C)CC6)cc5)cn4)C3)c(C)n2n1. The summed E-state index contributed by atoms with van der Waals surface area (Å²) in [4.78, 5) is 39.2. The van der Waals surface area contributed by atoms with Gasteiger partial charge in [0, 0.05) is 76.9 Å². The summed E-state index contributed by atoms with van der Waals surface area (Å²) >= 11 is 0. The molecule has 6 rings (SSSR count). The summed E-state index contributed by atoms with van der Waals surface area (Å²) in [6.45, 7) is 12.2. The van der Waals surface area contributed by atoms with Crippen LogP contribution in [0.1, 0.15) is 34.8 Å². The lowest BCUT2D eigenvalue weighted by molar-refractivity contribution is 0.120. The van der Waals surface area contributed by atoms with E-state index < -0.39 is 0 Å². The minimum atomic E-state index is 0.0926. The highest BCUT2D eigenvalue weighted by molar-refractivity contribution is 5.73. The number of piperazine rings is 1. The van der Waals surface area contributed by atoms with Crippen LogP contribution in [0.3, 0.4) is 0 Å². The quantitative estimate of drug-likeness (QED) is 0.349. The molecule has 11 heteroatoms. The normalized spacial score (nSPS) is 17.8. The third kappa shape index (κ3) is 5.78. The van der Waals surface area contributed by atoms with E-state index in [4.69, 9.17) is 15.0 Å². The van der Waals surface area contributed by atoms with Crippen LogP contribution in [0.4, 0.5) is 10.6 Å². The molecule has 220 valence electrons. The van der Waals surface area contributed by atoms with Gasteiger partial charge in [0.1, 0.15) is 11.6 Å². The van der Waals surface area contributed by atoms with E-state index in [9.17, 15) is 4.79 Å². The minimum Gasteiger partial charge on any atom is -0.355 e. The fraction of sp³-hybridized carbons (Fsp3) is 0.484. The highest BCUT2D eigenvalue weighted by Gasteiger charge is 2.26. The van der Waals surface area contributed by atoms with Crippen molar-refractivity contribution < 1.29 is 4.79 Å². The Morgan fingerprint density at radius 2 is 1.71 bits per heavy atom. The first-order valence-electron chi connectivity index (χ1n) is 14.8. The van der Waals surface area contributed by atoms with Crippen LogP contribution in [0.5, 0.6) is 0 Å². The van der Waals surface area contributed by atoms with Gasteiger partial charge in [0.2, 0.25) is 0 Å². The van der Waals surface area contributed by atoms with Crippen molar-refractivity contribution in [2.75, 3.05) is 58.3 Å². The summed E-state index contributed by atoms with van der Waals surface area (Å²) in [6, 6.07) is 8.69. The molecule has 1 aromatic carbocycles. The van der Waals surface area contributed by atoms with Crippen LogP contribution in [0.15, 0.2) is 36.7 Å². The molecule has 4 aromatic rings. The van der Waals surface area contributed by atoms with Gasteiger partial charge >= 0.3 is 6.03 Å². The molecule has 0 bridgehead atoms. The Labute approximate surface area is 247 Å². The summed E-state index contributed by atoms with van der Waals surface area (Å²) in [6.07, 6.45) is 5.87. The Balaban J connectivity index is 1.03. The monoisotopic (exact) mass is 568 g/mol. The first-order valence-corrected chi connectivity index (χ1v) is 14.8. The van der Waals surface area contributed by atoms with Gasteiger partial charge in [0.05, 0.1) is 18.1 Å². The number of rotatable bonds is 6. The molecule has 2 aliphatic heterocycles. The molecule has 5 heterocycles. The Hall–Kier alpha value is -4.12. The minimum absolute atomic E-state index is 0.0926. The van der Waals surface area contributed by atoms with Crippen LogP contribution in [-0.2, 0) is 13.0 Å². The second-order valence-electron chi connectivity index (χ2n) is 11.8. The van der Waals surface area contributed by atoms with Gasteiger partial charge in [0.25, 0.3) is 5.78 Å². The number of aryl methyl sites for hydroxylation is 3. The predicted octanol–water partition coefficient (Wildman–Crippen LogP) is 3.37. The highest BCUT2D eigenvalue weighted by Crippen LogP contribution is 2.28. The lowest BCUT2D eigenvalue weighted by Gasteiger charge is -2.36. The molecule has 0 spiro atoms. The molecule has 1 unspecified atom stereocenters. The third-order valence-corrected chi connectivity index (χ3v) is 8.58. The second-order valence-corrected chi connectivity index (χ2v) is 11.8. The van der Waals surface area contributed by atoms with Gasteiger partial charge in [-0.05, 0) is 50.7 Å². The number of carbonyl (C=O) groups excluding carboxylic acids is 1. The lowest BCUT2D eigenvalue weighted by atomic mass is 9.96. The zero-order valence-corrected chi connectivity index (χ0v) is 25.3. The number of carbonyl (C=O) groups is 1. The molecule has 0 saturated carbocycles. The number of hydrogen-bond donors (Lipinski definition) is 0. The van der Waals surface area contributed by atoms with Gasteiger partial charge in [-0.25, -0.2) is 19.3 Å². The molecule has 1 atom stereocenters. The Morgan fingerprint density at radius 1 is 0.952 bits per heavy atom. The van der Waals surface area contributed by atoms with E-state index in [-0.39, 0.29) is 6.03 Å². The maximum atomic E-state index is 12.2. The van der Waals surface area contributed by atoms with E-state index in [1.165, 1.54) is 11.1 Å². The van der Waals surface area contributed by atoms with E-state index in [1.807, 2.05) is 28.7 Å². The molecule has 2 fully saturated rings. The summed E-state index contributed by atoms with van der Waals surface area (Å²) in [5, 5.41) is 4.53. The smallest absolute Gasteiger partial charge is 0.319 e. The fourth-order valence-electron chi connectivity index (χ4n) is 6.15. The van der Waals surface area contributed by atoms with Crippen LogP contribution in [0, 0.1) is 26.7 Å². The molecular weight excluding hydrogens is 528 g/mol. The van der Waals surface area contributed by atoms with Crippen molar-refractivity contribution in [1.82, 2.24) is 44.2 Å². The molecule has 0 N–H and O–H groups in total. The van der Waals surface area contributed by atoms with Gasteiger partial charge in [-0.15, -0.1) is 0 Å². The largest absolute Gasteiger partial charge is 0.355 e. The van der Waals surface area contributed by atoms with Crippen molar-refractivity contribution in [2.24, 2.45) is 5.92 Å². The van der Waals surface area contributed by atoms with Gasteiger partial charge in [-0.3, -0.25) is 9.88 Å². The zero-order valence-electron chi connectivity index (χ0n) is 25.3. The van der Waals surface area contributed by atoms with Crippen LogP contribution >= 0.6 is 0 Å². The van der Waals surface area contributed by atoms with Crippen LogP contribution < -0.4 is 4.90 Å². The lowest BCUT2D eigenvalue weighted by Crippen LogP contribution is -2.51. The van der Waals surface area contributed by atoms with Crippen molar-refractivity contribution in [2.45, 2.75) is 40.2 Å². The number of urea groups is 1. The van der Waals surface area contributed by atoms with Gasteiger partial charge in [0.15, 0.2) is 0 Å². The van der Waals surface area contributed by atoms with Crippen LogP contribution in [0.25, 0.3) is 17.0 Å². The maximum absolute atomic E-state index is 12.2. The van der Waals surface area contributed by atoms with Gasteiger partial charge in [-0.2, -0.15) is 10.1 Å². The fourth-order valence-corrected chi connectivity index (χ4v) is 6.15. The molecule has 2 saturated heterocycles. The molecular formula is C31H40N10O. The standard InChI is InChI=1S/C31H40N10O/c1-21-27(22(2)41-30(34-21)35-23(3)36-41)16-25-10-11-40(20-25)29-18-32-28(17-33-29)26-8-6-24(7-9-26)19-38-12-14-39(15-13-38)31(42)37(4)5/h6-9,17-18,25H,10-16,19-20H2,1-5H3. The molecule has 0 aliphatic carbocycles. The van der Waals surface area contributed by atoms with E-state index in [1.54, 1.807) is 19.0 Å². The molecule has 2 amide bonds. The molecule has 0 radical (unpaired) electrons. The molecule has 42 heavy (non-hydrogen) atoms. The van der Waals surface area contributed by atoms with Crippen molar-refractivity contribution in [3.05, 3.63) is 65.0 Å². The number of anilines is 1. The van der Waals surface area contributed by atoms with E-state index in [0.29, 0.717) is 11.7 Å². The number of hydrogen-bond acceptors (Lipinski definition) is 8. The average molecular weight is 569 g/mol. The van der Waals surface area contributed by atoms with Crippen molar-refractivity contribution in [3.63, 3.8) is 0 Å². The summed E-state index contributed by atoms with van der Waals surface area (Å²) < 4.78 is 1.87. The van der Waals surface area contributed by atoms with Crippen molar-refractivity contribution in [3.8, 4) is 11.3 Å². The maximum Gasteiger partial charge on any atom is 0.319 e. The second kappa shape index (κ2) is 11.6. The Morgan fingerprint density at radius 3 is 2.40 bits per heavy atom. The Kier molecular flexibility index (Phi) is 7.76. The number of aromatic nitrogens is 6. The van der Waals surface area contributed by atoms with E-state index >= 15 is 0 Å². The van der Waals surface area contributed by atoms with Gasteiger partial charge < -0.3 is 14.7 Å². The summed E-state index contributed by atoms with van der Waals surface area (Å²) in [7, 11) is 3.61. The number of fused-ring (bicyclic) bond motifs is 1. The molecule has 3 aromatic heterocycles. The van der Waals surface area contributed by atoms with E-state index in [2.05, 4.69) is 58.0 Å². The zero-order chi connectivity index (χ0) is 29.4. The topological polar surface area (TPSA) is 98.9 Å². The van der Waals surface area contributed by atoms with E-state index in [0.717, 1.165) is 92.9 Å². The first-order chi connectivity index (χ1) is 20.2. The molecule has 11 nitrogen and oxygen atoms in total. The predicted molar refractivity (Wildman–Crippen MR) is 162 cm³/mol. The highest BCUT2D eigenvalue weighted by atomic mass is 16.2. The van der Waals surface area contributed by atoms with Crippen LogP contribution in [-0.4, -0.2) is 104 Å². The number of benzene rings is 1. The first kappa shape index (κ1) is 28.0. The van der Waals surface area contributed by atoms with Crippen LogP contribution in [0.2, 0.25) is 0 Å². The summed E-state index contributed by atoms with van der Waals surface area (Å²) in [5.74, 6) is 2.88. The number of amides is 2. The van der Waals surface area contributed by atoms with Crippen molar-refractivity contribution in [1.29, 1.82) is 0 Å². The average Bonchev–Trinajstić information content (AvgIpc) is 3.62. The van der Waals surface area contributed by atoms with Crippen molar-refractivity contribution >= 4 is 17.6 Å². The van der Waals surface area contributed by atoms with Gasteiger partial charge in [-0.1, -0.05) is 24.3 Å².